The van der Waals surface area contributed by atoms with Crippen molar-refractivity contribution in [2.45, 2.75) is 39.7 Å². The number of piperazine rings is 1. The highest BCUT2D eigenvalue weighted by atomic mass is 16.5. The molecule has 0 bridgehead atoms. The second-order valence-corrected chi connectivity index (χ2v) is 7.55. The number of quaternary nitrogens is 1. The minimum Gasteiger partial charge on any atom is -0.497 e. The molecular weight excluding hydrogens is 314 g/mol. The van der Waals surface area contributed by atoms with E-state index in [-0.39, 0.29) is 11.9 Å². The Bertz CT molecular complexity index is 522. The molecule has 2 rings (SSSR count). The fourth-order valence-electron chi connectivity index (χ4n) is 3.26. The van der Waals surface area contributed by atoms with Crippen LogP contribution in [0.2, 0.25) is 0 Å². The van der Waals surface area contributed by atoms with Crippen LogP contribution in [0.3, 0.4) is 0 Å². The van der Waals surface area contributed by atoms with Crippen molar-refractivity contribution in [1.29, 1.82) is 0 Å². The Kier molecular flexibility index (Phi) is 7.56. The van der Waals surface area contributed by atoms with Crippen LogP contribution in [0, 0.1) is 5.92 Å². The third kappa shape index (κ3) is 6.58. The van der Waals surface area contributed by atoms with Crippen molar-refractivity contribution in [2.24, 2.45) is 5.92 Å². The fourth-order valence-corrected chi connectivity index (χ4v) is 3.26. The predicted octanol–water partition coefficient (Wildman–Crippen LogP) is 1.34. The summed E-state index contributed by atoms with van der Waals surface area (Å²) in [6.45, 7) is 11.1. The van der Waals surface area contributed by atoms with E-state index in [4.69, 9.17) is 4.74 Å². The maximum Gasteiger partial charge on any atom is 0.275 e. The van der Waals surface area contributed by atoms with Crippen LogP contribution >= 0.6 is 0 Å². The lowest BCUT2D eigenvalue weighted by atomic mass is 10.0. The second kappa shape index (κ2) is 9.66. The number of methoxy groups -OCH3 is 1. The zero-order valence-corrected chi connectivity index (χ0v) is 16.2. The molecule has 1 amide bonds. The third-order valence-electron chi connectivity index (χ3n) is 4.90. The summed E-state index contributed by atoms with van der Waals surface area (Å²) < 4.78 is 5.21. The van der Waals surface area contributed by atoms with Gasteiger partial charge in [-0.1, -0.05) is 13.8 Å². The summed E-state index contributed by atoms with van der Waals surface area (Å²) in [5.41, 5.74) is 1.23. The average Bonchev–Trinajstić information content (AvgIpc) is 2.60. The Morgan fingerprint density at radius 3 is 2.36 bits per heavy atom. The number of hydrogen-bond donors (Lipinski definition) is 2. The quantitative estimate of drug-likeness (QED) is 0.745. The number of hydrogen-bond acceptors (Lipinski definition) is 3. The lowest BCUT2D eigenvalue weighted by Gasteiger charge is -2.33. The summed E-state index contributed by atoms with van der Waals surface area (Å²) in [7, 11) is 1.69. The number of carbonyl (C=O) groups is 1. The van der Waals surface area contributed by atoms with E-state index in [0.29, 0.717) is 12.5 Å². The fraction of sp³-hybridized carbons (Fsp3) is 0.650. The normalized spacial score (nSPS) is 16.8. The van der Waals surface area contributed by atoms with Crippen molar-refractivity contribution in [3.63, 3.8) is 0 Å². The van der Waals surface area contributed by atoms with E-state index >= 15 is 0 Å². The van der Waals surface area contributed by atoms with Crippen LogP contribution in [-0.2, 0) is 4.79 Å². The molecule has 0 spiro atoms. The van der Waals surface area contributed by atoms with Gasteiger partial charge in [-0.05, 0) is 49.9 Å². The number of nitrogens with one attached hydrogen (secondary N) is 2. The van der Waals surface area contributed by atoms with Crippen molar-refractivity contribution in [1.82, 2.24) is 5.32 Å². The standard InChI is InChI=1S/C20H33N3O2/c1-16(2)5-6-17(3)21-20(24)15-22-11-13-23(14-12-22)18-7-9-19(25-4)10-8-18/h7-10,16-17H,5-6,11-15H2,1-4H3,(H,21,24)/p+1/t17-/m1/s1. The first-order chi connectivity index (χ1) is 12.0. The van der Waals surface area contributed by atoms with Gasteiger partial charge in [-0.15, -0.1) is 0 Å². The highest BCUT2D eigenvalue weighted by Gasteiger charge is 2.22. The van der Waals surface area contributed by atoms with E-state index in [1.807, 2.05) is 12.1 Å². The number of ether oxygens (including phenoxy) is 1. The van der Waals surface area contributed by atoms with Crippen molar-refractivity contribution in [2.75, 3.05) is 44.7 Å². The van der Waals surface area contributed by atoms with Crippen molar-refractivity contribution in [3.8, 4) is 5.75 Å². The number of rotatable bonds is 8. The first kappa shape index (κ1) is 19.6. The molecule has 0 radical (unpaired) electrons. The molecule has 1 aliphatic rings. The van der Waals surface area contributed by atoms with Crippen LogP contribution in [0.5, 0.6) is 5.75 Å². The van der Waals surface area contributed by atoms with Gasteiger partial charge in [-0.2, -0.15) is 0 Å². The van der Waals surface area contributed by atoms with Crippen LogP contribution in [0.1, 0.15) is 33.6 Å². The number of benzene rings is 1. The predicted molar refractivity (Wildman–Crippen MR) is 102 cm³/mol. The molecule has 1 aromatic rings. The molecule has 0 unspecified atom stereocenters. The van der Waals surface area contributed by atoms with Gasteiger partial charge in [0.05, 0.1) is 33.3 Å². The van der Waals surface area contributed by atoms with Gasteiger partial charge < -0.3 is 19.9 Å². The lowest BCUT2D eigenvalue weighted by Crippen LogP contribution is -3.16. The molecule has 1 aromatic carbocycles. The highest BCUT2D eigenvalue weighted by molar-refractivity contribution is 5.77. The summed E-state index contributed by atoms with van der Waals surface area (Å²) in [5, 5.41) is 3.15. The second-order valence-electron chi connectivity index (χ2n) is 7.55. The van der Waals surface area contributed by atoms with Gasteiger partial charge in [0.2, 0.25) is 0 Å². The van der Waals surface area contributed by atoms with Gasteiger partial charge in [-0.25, -0.2) is 0 Å². The molecule has 1 heterocycles. The van der Waals surface area contributed by atoms with Crippen LogP contribution in [-0.4, -0.2) is 51.8 Å². The molecule has 1 atom stereocenters. The Labute approximate surface area is 152 Å². The van der Waals surface area contributed by atoms with E-state index in [1.165, 1.54) is 10.6 Å². The van der Waals surface area contributed by atoms with Crippen LogP contribution in [0.15, 0.2) is 24.3 Å². The first-order valence-electron chi connectivity index (χ1n) is 9.50. The summed E-state index contributed by atoms with van der Waals surface area (Å²) in [6, 6.07) is 8.48. The maximum absolute atomic E-state index is 12.2. The zero-order chi connectivity index (χ0) is 18.2. The van der Waals surface area contributed by atoms with E-state index < -0.39 is 0 Å². The van der Waals surface area contributed by atoms with Gasteiger partial charge in [0, 0.05) is 11.7 Å². The van der Waals surface area contributed by atoms with E-state index in [2.05, 4.69) is 43.1 Å². The number of anilines is 1. The highest BCUT2D eigenvalue weighted by Crippen LogP contribution is 2.18. The molecule has 1 fully saturated rings. The van der Waals surface area contributed by atoms with Gasteiger partial charge in [-0.3, -0.25) is 4.79 Å². The lowest BCUT2D eigenvalue weighted by molar-refractivity contribution is -0.892. The van der Waals surface area contributed by atoms with E-state index in [9.17, 15) is 4.79 Å². The molecule has 5 nitrogen and oxygen atoms in total. The molecule has 0 aliphatic carbocycles. The molecule has 2 N–H and O–H groups in total. The van der Waals surface area contributed by atoms with E-state index in [1.54, 1.807) is 7.11 Å². The molecule has 0 saturated carbocycles. The number of amides is 1. The largest absolute Gasteiger partial charge is 0.497 e. The van der Waals surface area contributed by atoms with Crippen LogP contribution in [0.25, 0.3) is 0 Å². The molecule has 1 aliphatic heterocycles. The summed E-state index contributed by atoms with van der Waals surface area (Å²) >= 11 is 0. The van der Waals surface area contributed by atoms with Crippen molar-refractivity contribution in [3.05, 3.63) is 24.3 Å². The monoisotopic (exact) mass is 348 g/mol. The minimum absolute atomic E-state index is 0.184. The number of nitrogens with zero attached hydrogens (tertiary/aromatic N) is 1. The smallest absolute Gasteiger partial charge is 0.275 e. The molecular formula is C20H34N3O2+. The molecule has 1 saturated heterocycles. The minimum atomic E-state index is 0.184. The molecule has 140 valence electrons. The summed E-state index contributed by atoms with van der Waals surface area (Å²) in [5.74, 6) is 1.76. The van der Waals surface area contributed by atoms with Gasteiger partial charge in [0.1, 0.15) is 5.75 Å². The molecule has 25 heavy (non-hydrogen) atoms. The van der Waals surface area contributed by atoms with E-state index in [0.717, 1.165) is 44.8 Å². The number of carbonyl (C=O) groups excluding carboxylic acids is 1. The summed E-state index contributed by atoms with van der Waals surface area (Å²) in [4.78, 5) is 16.0. The van der Waals surface area contributed by atoms with Gasteiger partial charge >= 0.3 is 0 Å². The Balaban J connectivity index is 1.71. The van der Waals surface area contributed by atoms with Crippen molar-refractivity contribution < 1.29 is 14.4 Å². The SMILES string of the molecule is COc1ccc(N2CC[NH+](CC(=O)N[C@H](C)CCC(C)C)CC2)cc1. The Morgan fingerprint density at radius 2 is 1.80 bits per heavy atom. The third-order valence-corrected chi connectivity index (χ3v) is 4.90. The molecule has 0 aromatic heterocycles. The Morgan fingerprint density at radius 1 is 1.16 bits per heavy atom. The zero-order valence-electron chi connectivity index (χ0n) is 16.2. The average molecular weight is 349 g/mol. The topological polar surface area (TPSA) is 46.0 Å². The van der Waals surface area contributed by atoms with Gasteiger partial charge in [0.15, 0.2) is 6.54 Å². The van der Waals surface area contributed by atoms with Crippen molar-refractivity contribution >= 4 is 11.6 Å². The molecule has 5 heteroatoms. The Hall–Kier alpha value is -1.75. The summed E-state index contributed by atoms with van der Waals surface area (Å²) in [6.07, 6.45) is 2.22. The van der Waals surface area contributed by atoms with Crippen LogP contribution in [0.4, 0.5) is 5.69 Å². The van der Waals surface area contributed by atoms with Gasteiger partial charge in [0.25, 0.3) is 5.91 Å². The van der Waals surface area contributed by atoms with Crippen LogP contribution < -0.4 is 19.9 Å². The first-order valence-corrected chi connectivity index (χ1v) is 9.50. The maximum atomic E-state index is 12.2.